The molecule has 1 aliphatic heterocycles. The number of amides is 2. The number of H-pyrrole nitrogens is 1. The van der Waals surface area contributed by atoms with Gasteiger partial charge in [-0.05, 0) is 55.7 Å². The Morgan fingerprint density at radius 1 is 1.00 bits per heavy atom. The van der Waals surface area contributed by atoms with Crippen molar-refractivity contribution in [2.45, 2.75) is 18.9 Å². The van der Waals surface area contributed by atoms with Crippen LogP contribution in [0, 0.1) is 10.1 Å². The van der Waals surface area contributed by atoms with Crippen molar-refractivity contribution >= 4 is 62.3 Å². The van der Waals surface area contributed by atoms with E-state index in [1.807, 2.05) is 43.3 Å². The first-order chi connectivity index (χ1) is 25.6. The fourth-order valence-electron chi connectivity index (χ4n) is 6.63. The van der Waals surface area contributed by atoms with Crippen LogP contribution >= 0.6 is 11.6 Å². The fourth-order valence-corrected chi connectivity index (χ4v) is 6.89. The van der Waals surface area contributed by atoms with Gasteiger partial charge in [0.25, 0.3) is 11.6 Å². The van der Waals surface area contributed by atoms with E-state index in [-0.39, 0.29) is 35.7 Å². The summed E-state index contributed by atoms with van der Waals surface area (Å²) < 4.78 is 28.2. The molecule has 2 N–H and O–H groups in total. The highest BCUT2D eigenvalue weighted by atomic mass is 35.5. The Morgan fingerprint density at radius 2 is 1.75 bits per heavy atom. The molecule has 5 aromatic rings. The van der Waals surface area contributed by atoms with Crippen molar-refractivity contribution < 1.29 is 38.2 Å². The molecule has 53 heavy (non-hydrogen) atoms. The Morgan fingerprint density at radius 3 is 2.43 bits per heavy atom. The number of carbonyl (C=O) groups excluding carboxylic acids is 2. The normalized spacial score (nSPS) is 13.6. The highest BCUT2D eigenvalue weighted by molar-refractivity contribution is 6.20. The van der Waals surface area contributed by atoms with E-state index in [4.69, 9.17) is 35.3 Å². The molecule has 15 heteroatoms. The molecule has 0 saturated carbocycles. The van der Waals surface area contributed by atoms with Gasteiger partial charge >= 0.3 is 6.09 Å². The van der Waals surface area contributed by atoms with Gasteiger partial charge in [0, 0.05) is 47.3 Å². The van der Waals surface area contributed by atoms with E-state index in [2.05, 4.69) is 10.3 Å². The summed E-state index contributed by atoms with van der Waals surface area (Å²) in [5.74, 6) is 1.28. The molecule has 4 aromatic carbocycles. The zero-order valence-electron chi connectivity index (χ0n) is 30.0. The number of hydrogen-bond acceptors (Lipinski definition) is 10. The zero-order chi connectivity index (χ0) is 37.8. The minimum atomic E-state index is -0.762. The maximum absolute atomic E-state index is 14.3. The third-order valence-electron chi connectivity index (χ3n) is 9.11. The molecule has 1 aromatic heterocycles. The summed E-state index contributed by atoms with van der Waals surface area (Å²) in [4.78, 5) is 45.4. The predicted octanol–water partition coefficient (Wildman–Crippen LogP) is 7.32. The van der Waals surface area contributed by atoms with Crippen molar-refractivity contribution in [2.24, 2.45) is 0 Å². The van der Waals surface area contributed by atoms with Crippen molar-refractivity contribution in [3.63, 3.8) is 0 Å². The lowest BCUT2D eigenvalue weighted by molar-refractivity contribution is -0.385. The van der Waals surface area contributed by atoms with Gasteiger partial charge in [0.05, 0.1) is 55.8 Å². The smallest absolute Gasteiger partial charge is 0.411 e. The summed E-state index contributed by atoms with van der Waals surface area (Å²) in [6, 6.07) is 17.0. The fraction of sp³-hybridized carbons (Fsp3) is 0.316. The summed E-state index contributed by atoms with van der Waals surface area (Å²) in [5.41, 5.74) is 3.13. The molecular formula is C38H40ClN5O9. The number of nitrogens with one attached hydrogen (secondary N) is 2. The van der Waals surface area contributed by atoms with Crippen molar-refractivity contribution in [2.75, 3.05) is 71.2 Å². The number of nitrogens with zero attached hydrogens (tertiary/aromatic N) is 3. The van der Waals surface area contributed by atoms with Crippen LogP contribution in [-0.2, 0) is 11.3 Å². The maximum Gasteiger partial charge on any atom is 0.411 e. The van der Waals surface area contributed by atoms with Gasteiger partial charge in [0.15, 0.2) is 11.5 Å². The van der Waals surface area contributed by atoms with E-state index in [0.717, 1.165) is 22.9 Å². The molecule has 2 heterocycles. The third kappa shape index (κ3) is 7.46. The number of rotatable bonds is 14. The lowest BCUT2D eigenvalue weighted by atomic mass is 9.95. The first kappa shape index (κ1) is 37.0. The van der Waals surface area contributed by atoms with Gasteiger partial charge < -0.3 is 38.5 Å². The number of nitro benzene ring substituents is 1. The topological polar surface area (TPSA) is 158 Å². The second kappa shape index (κ2) is 15.9. The van der Waals surface area contributed by atoms with Gasteiger partial charge in [-0.15, -0.1) is 11.6 Å². The van der Waals surface area contributed by atoms with Gasteiger partial charge in [-0.2, -0.15) is 0 Å². The molecule has 0 spiro atoms. The highest BCUT2D eigenvalue weighted by Crippen LogP contribution is 2.47. The first-order valence-electron chi connectivity index (χ1n) is 16.8. The number of aromatic amines is 1. The number of fused-ring (bicyclic) bond motifs is 4. The lowest BCUT2D eigenvalue weighted by Gasteiger charge is -2.19. The van der Waals surface area contributed by atoms with Crippen molar-refractivity contribution in [1.29, 1.82) is 0 Å². The predicted molar refractivity (Wildman–Crippen MR) is 203 cm³/mol. The van der Waals surface area contributed by atoms with Crippen LogP contribution in [0.5, 0.6) is 23.0 Å². The minimum Gasteiger partial charge on any atom is -0.493 e. The summed E-state index contributed by atoms with van der Waals surface area (Å²) >= 11 is 6.51. The molecule has 0 bridgehead atoms. The molecule has 1 aliphatic rings. The molecule has 14 nitrogen and oxygen atoms in total. The molecule has 0 saturated heterocycles. The molecule has 278 valence electrons. The van der Waals surface area contributed by atoms with Gasteiger partial charge in [-0.3, -0.25) is 20.2 Å². The summed E-state index contributed by atoms with van der Waals surface area (Å²) in [7, 11) is 8.43. The Balaban J connectivity index is 1.29. The van der Waals surface area contributed by atoms with Crippen LogP contribution in [0.3, 0.4) is 0 Å². The number of non-ortho nitro benzene ring substituents is 1. The maximum atomic E-state index is 14.3. The number of aromatic nitrogens is 1. The standard InChI is InChI=1S/C38H40ClN5O9/c1-42(2)13-8-14-52-31-17-25(44(47)48)12-11-22(31)21-53-38(46)41-28-18-30-33(27-10-7-6-9-26(27)28)24(19-39)20-43(30)37(45)29-15-23-16-32(49-3)35(50-4)36(51-5)34(23)40-29/h6-7,9-12,15-18,24,40H,8,13-14,19-21H2,1-5H3,(H,41,46). The lowest BCUT2D eigenvalue weighted by Crippen LogP contribution is -2.30. The van der Waals surface area contributed by atoms with Crippen LogP contribution in [0.1, 0.15) is 34.0 Å². The quantitative estimate of drug-likeness (QED) is 0.0511. The number of methoxy groups -OCH3 is 3. The molecule has 1 atom stereocenters. The Labute approximate surface area is 310 Å². The molecule has 6 rings (SSSR count). The first-order valence-corrected chi connectivity index (χ1v) is 17.4. The van der Waals surface area contributed by atoms with Gasteiger partial charge in [-0.1, -0.05) is 24.3 Å². The van der Waals surface area contributed by atoms with Crippen LogP contribution in [-0.4, -0.2) is 87.8 Å². The highest BCUT2D eigenvalue weighted by Gasteiger charge is 2.36. The van der Waals surface area contributed by atoms with E-state index in [1.54, 1.807) is 23.1 Å². The minimum absolute atomic E-state index is 0.134. The van der Waals surface area contributed by atoms with Crippen LogP contribution < -0.4 is 29.2 Å². The van der Waals surface area contributed by atoms with E-state index in [9.17, 15) is 19.7 Å². The number of alkyl halides is 1. The number of carbonyl (C=O) groups is 2. The number of anilines is 2. The SMILES string of the molecule is COc1cc2cc(C(=O)N3CC(CCl)c4c3cc(NC(=O)OCc3ccc([N+](=O)[O-])cc3OCCCN(C)C)c3ccccc43)[nH]c2c(OC)c1OC. The van der Waals surface area contributed by atoms with Crippen LogP contribution in [0.4, 0.5) is 21.9 Å². The molecule has 1 unspecified atom stereocenters. The van der Waals surface area contributed by atoms with Gasteiger partial charge in [-0.25, -0.2) is 4.79 Å². The Hall–Kier alpha value is -5.73. The van der Waals surface area contributed by atoms with Crippen molar-refractivity contribution in [3.05, 3.63) is 87.6 Å². The Kier molecular flexibility index (Phi) is 11.1. The summed E-state index contributed by atoms with van der Waals surface area (Å²) in [6.07, 6.45) is -0.0633. The molecule has 0 fully saturated rings. The average Bonchev–Trinajstić information content (AvgIpc) is 3.76. The molecular weight excluding hydrogens is 706 g/mol. The number of nitro groups is 1. The number of halogens is 1. The van der Waals surface area contributed by atoms with Crippen LogP contribution in [0.25, 0.3) is 21.7 Å². The van der Waals surface area contributed by atoms with E-state index in [1.165, 1.54) is 39.5 Å². The zero-order valence-corrected chi connectivity index (χ0v) is 30.7. The average molecular weight is 746 g/mol. The van der Waals surface area contributed by atoms with E-state index in [0.29, 0.717) is 70.4 Å². The number of ether oxygens (including phenoxy) is 5. The van der Waals surface area contributed by atoms with Crippen LogP contribution in [0.15, 0.2) is 60.7 Å². The molecule has 2 amide bonds. The Bertz CT molecular complexity index is 2190. The molecule has 0 aliphatic carbocycles. The van der Waals surface area contributed by atoms with Crippen LogP contribution in [0.2, 0.25) is 0 Å². The third-order valence-corrected chi connectivity index (χ3v) is 9.49. The monoisotopic (exact) mass is 745 g/mol. The number of benzene rings is 4. The second-order valence-corrected chi connectivity index (χ2v) is 13.0. The summed E-state index contributed by atoms with van der Waals surface area (Å²) in [5, 5.41) is 16.6. The van der Waals surface area contributed by atoms with Crippen molar-refractivity contribution in [3.8, 4) is 23.0 Å². The van der Waals surface area contributed by atoms with E-state index >= 15 is 0 Å². The number of hydrogen-bond donors (Lipinski definition) is 2. The second-order valence-electron chi connectivity index (χ2n) is 12.7. The van der Waals surface area contributed by atoms with E-state index < -0.39 is 11.0 Å². The van der Waals surface area contributed by atoms with Crippen molar-refractivity contribution in [1.82, 2.24) is 9.88 Å². The van der Waals surface area contributed by atoms with Gasteiger partial charge in [0.1, 0.15) is 18.1 Å². The summed E-state index contributed by atoms with van der Waals surface area (Å²) in [6.45, 7) is 1.21. The largest absolute Gasteiger partial charge is 0.493 e. The van der Waals surface area contributed by atoms with Gasteiger partial charge in [0.2, 0.25) is 5.75 Å². The molecule has 0 radical (unpaired) electrons.